The Morgan fingerprint density at radius 3 is 2.33 bits per heavy atom. The minimum absolute atomic E-state index is 0.306. The van der Waals surface area contributed by atoms with Crippen LogP contribution < -0.4 is 10.2 Å². The topological polar surface area (TPSA) is 58.6 Å². The fourth-order valence-corrected chi connectivity index (χ4v) is 3.19. The molecule has 0 radical (unpaired) electrons. The van der Waals surface area contributed by atoms with Crippen LogP contribution in [0.3, 0.4) is 0 Å². The quantitative estimate of drug-likeness (QED) is 0.810. The van der Waals surface area contributed by atoms with Gasteiger partial charge in [-0.05, 0) is 80.6 Å². The number of carbonyl (C=O) groups is 2. The van der Waals surface area contributed by atoms with Gasteiger partial charge in [0.05, 0.1) is 5.56 Å². The molecule has 0 unspecified atom stereocenters. The lowest BCUT2D eigenvalue weighted by atomic mass is 10.1. The number of esters is 1. The lowest BCUT2D eigenvalue weighted by molar-refractivity contribution is -0.119. The number of nitrogens with zero attached hydrogens (tertiary/aromatic N) is 1. The average molecular weight is 366 g/mol. The Labute approximate surface area is 160 Å². The zero-order chi connectivity index (χ0) is 19.2. The summed E-state index contributed by atoms with van der Waals surface area (Å²) in [5, 5.41) is 2.76. The van der Waals surface area contributed by atoms with Gasteiger partial charge < -0.3 is 15.0 Å². The van der Waals surface area contributed by atoms with Gasteiger partial charge in [-0.1, -0.05) is 6.07 Å². The first kappa shape index (κ1) is 19.0. The Kier molecular flexibility index (Phi) is 6.12. The molecule has 0 atom stereocenters. The number of carbonyl (C=O) groups excluding carboxylic acids is 2. The standard InChI is InChI=1S/C22H26N2O3/c1-16-6-7-18(14-17(16)2)22(26)27-15-21(25)23-19-8-10-20(11-9-19)24-12-4-3-5-13-24/h6-11,14H,3-5,12-13,15H2,1-2H3,(H,23,25). The number of hydrogen-bond acceptors (Lipinski definition) is 4. The molecule has 1 amide bonds. The first-order valence-corrected chi connectivity index (χ1v) is 9.42. The molecule has 27 heavy (non-hydrogen) atoms. The summed E-state index contributed by atoms with van der Waals surface area (Å²) in [6.07, 6.45) is 3.75. The van der Waals surface area contributed by atoms with Crippen LogP contribution >= 0.6 is 0 Å². The minimum Gasteiger partial charge on any atom is -0.452 e. The molecule has 0 spiro atoms. The first-order valence-electron chi connectivity index (χ1n) is 9.42. The molecule has 1 N–H and O–H groups in total. The second-order valence-electron chi connectivity index (χ2n) is 7.02. The summed E-state index contributed by atoms with van der Waals surface area (Å²) < 4.78 is 5.12. The van der Waals surface area contributed by atoms with Crippen molar-refractivity contribution in [2.45, 2.75) is 33.1 Å². The van der Waals surface area contributed by atoms with Crippen LogP contribution in [0, 0.1) is 13.8 Å². The van der Waals surface area contributed by atoms with Crippen LogP contribution in [0.4, 0.5) is 11.4 Å². The van der Waals surface area contributed by atoms with Crippen molar-refractivity contribution >= 4 is 23.3 Å². The fourth-order valence-electron chi connectivity index (χ4n) is 3.19. The lowest BCUT2D eigenvalue weighted by Crippen LogP contribution is -2.29. The van der Waals surface area contributed by atoms with E-state index in [1.807, 2.05) is 44.2 Å². The van der Waals surface area contributed by atoms with Crippen molar-refractivity contribution in [1.82, 2.24) is 0 Å². The zero-order valence-electron chi connectivity index (χ0n) is 16.0. The van der Waals surface area contributed by atoms with Crippen molar-refractivity contribution in [3.05, 3.63) is 59.2 Å². The van der Waals surface area contributed by atoms with Crippen LogP contribution in [-0.2, 0) is 9.53 Å². The van der Waals surface area contributed by atoms with E-state index in [0.29, 0.717) is 11.3 Å². The SMILES string of the molecule is Cc1ccc(C(=O)OCC(=O)Nc2ccc(N3CCCCC3)cc2)cc1C. The predicted molar refractivity (Wildman–Crippen MR) is 107 cm³/mol. The molecular weight excluding hydrogens is 340 g/mol. The molecule has 1 fully saturated rings. The largest absolute Gasteiger partial charge is 0.452 e. The maximum Gasteiger partial charge on any atom is 0.338 e. The number of piperidine rings is 1. The molecule has 0 bridgehead atoms. The molecule has 0 aromatic heterocycles. The van der Waals surface area contributed by atoms with Gasteiger partial charge in [0, 0.05) is 24.5 Å². The molecule has 3 rings (SSSR count). The smallest absolute Gasteiger partial charge is 0.338 e. The number of rotatable bonds is 5. The second-order valence-corrected chi connectivity index (χ2v) is 7.02. The first-order chi connectivity index (χ1) is 13.0. The minimum atomic E-state index is -0.492. The van der Waals surface area contributed by atoms with Crippen LogP contribution in [0.5, 0.6) is 0 Å². The van der Waals surface area contributed by atoms with Crippen LogP contribution in [0.1, 0.15) is 40.7 Å². The Balaban J connectivity index is 1.50. The molecule has 1 heterocycles. The van der Waals surface area contributed by atoms with E-state index >= 15 is 0 Å². The van der Waals surface area contributed by atoms with E-state index in [-0.39, 0.29) is 12.5 Å². The van der Waals surface area contributed by atoms with Gasteiger partial charge in [-0.25, -0.2) is 4.79 Å². The highest BCUT2D eigenvalue weighted by Crippen LogP contribution is 2.21. The van der Waals surface area contributed by atoms with Gasteiger partial charge >= 0.3 is 5.97 Å². The average Bonchev–Trinajstić information content (AvgIpc) is 2.69. The lowest BCUT2D eigenvalue weighted by Gasteiger charge is -2.28. The van der Waals surface area contributed by atoms with E-state index in [9.17, 15) is 9.59 Å². The third-order valence-electron chi connectivity index (χ3n) is 4.95. The number of anilines is 2. The summed E-state index contributed by atoms with van der Waals surface area (Å²) >= 11 is 0. The van der Waals surface area contributed by atoms with E-state index in [1.165, 1.54) is 24.9 Å². The molecule has 0 aliphatic carbocycles. The summed E-state index contributed by atoms with van der Waals surface area (Å²) in [7, 11) is 0. The molecule has 1 aliphatic rings. The van der Waals surface area contributed by atoms with Gasteiger partial charge in [-0.3, -0.25) is 4.79 Å². The number of amides is 1. The van der Waals surface area contributed by atoms with Crippen molar-refractivity contribution in [2.75, 3.05) is 29.9 Å². The van der Waals surface area contributed by atoms with Gasteiger partial charge in [0.2, 0.25) is 0 Å². The maximum atomic E-state index is 12.1. The Bertz CT molecular complexity index is 809. The fraction of sp³-hybridized carbons (Fsp3) is 0.364. The van der Waals surface area contributed by atoms with Crippen molar-refractivity contribution < 1.29 is 14.3 Å². The van der Waals surface area contributed by atoms with E-state index in [4.69, 9.17) is 4.74 Å². The third-order valence-corrected chi connectivity index (χ3v) is 4.95. The summed E-state index contributed by atoms with van der Waals surface area (Å²) in [5.74, 6) is -0.841. The molecule has 2 aromatic carbocycles. The van der Waals surface area contributed by atoms with E-state index in [1.54, 1.807) is 12.1 Å². The van der Waals surface area contributed by atoms with Crippen LogP contribution in [-0.4, -0.2) is 31.6 Å². The Hall–Kier alpha value is -2.82. The number of aryl methyl sites for hydroxylation is 2. The summed E-state index contributed by atoms with van der Waals surface area (Å²) in [6.45, 7) is 5.78. The molecule has 5 heteroatoms. The van der Waals surface area contributed by atoms with Gasteiger partial charge in [0.1, 0.15) is 0 Å². The Morgan fingerprint density at radius 1 is 0.963 bits per heavy atom. The van der Waals surface area contributed by atoms with E-state index < -0.39 is 5.97 Å². The predicted octanol–water partition coefficient (Wildman–Crippen LogP) is 4.09. The monoisotopic (exact) mass is 366 g/mol. The van der Waals surface area contributed by atoms with Crippen LogP contribution in [0.15, 0.2) is 42.5 Å². The highest BCUT2D eigenvalue weighted by molar-refractivity contribution is 5.95. The molecular formula is C22H26N2O3. The number of benzene rings is 2. The molecule has 1 aliphatic heterocycles. The summed E-state index contributed by atoms with van der Waals surface area (Å²) in [4.78, 5) is 26.5. The summed E-state index contributed by atoms with van der Waals surface area (Å²) in [6, 6.07) is 13.1. The van der Waals surface area contributed by atoms with E-state index in [2.05, 4.69) is 10.2 Å². The highest BCUT2D eigenvalue weighted by Gasteiger charge is 2.13. The maximum absolute atomic E-state index is 12.1. The number of nitrogens with one attached hydrogen (secondary N) is 1. The number of ether oxygens (including phenoxy) is 1. The normalized spacial score (nSPS) is 13.9. The molecule has 1 saturated heterocycles. The molecule has 2 aromatic rings. The molecule has 5 nitrogen and oxygen atoms in total. The van der Waals surface area contributed by atoms with Crippen molar-refractivity contribution in [3.63, 3.8) is 0 Å². The van der Waals surface area contributed by atoms with Gasteiger partial charge in [-0.15, -0.1) is 0 Å². The van der Waals surface area contributed by atoms with Crippen molar-refractivity contribution in [3.8, 4) is 0 Å². The Morgan fingerprint density at radius 2 is 1.67 bits per heavy atom. The second kappa shape index (κ2) is 8.71. The zero-order valence-corrected chi connectivity index (χ0v) is 16.0. The summed E-state index contributed by atoms with van der Waals surface area (Å²) in [5.41, 5.74) is 4.45. The van der Waals surface area contributed by atoms with Crippen LogP contribution in [0.2, 0.25) is 0 Å². The van der Waals surface area contributed by atoms with Crippen LogP contribution in [0.25, 0.3) is 0 Å². The molecule has 142 valence electrons. The molecule has 0 saturated carbocycles. The van der Waals surface area contributed by atoms with Gasteiger partial charge in [0.25, 0.3) is 5.91 Å². The van der Waals surface area contributed by atoms with Gasteiger partial charge in [-0.2, -0.15) is 0 Å². The van der Waals surface area contributed by atoms with Crippen molar-refractivity contribution in [2.24, 2.45) is 0 Å². The van der Waals surface area contributed by atoms with Gasteiger partial charge in [0.15, 0.2) is 6.61 Å². The third kappa shape index (κ3) is 5.09. The van der Waals surface area contributed by atoms with Crippen molar-refractivity contribution in [1.29, 1.82) is 0 Å². The number of hydrogen-bond donors (Lipinski definition) is 1. The van der Waals surface area contributed by atoms with E-state index in [0.717, 1.165) is 24.2 Å². The highest BCUT2D eigenvalue weighted by atomic mass is 16.5.